The molecule has 2 aromatic heterocycles. The van der Waals surface area contributed by atoms with Crippen molar-refractivity contribution in [2.45, 2.75) is 0 Å². The molecule has 0 aliphatic carbocycles. The molecule has 0 saturated heterocycles. The number of aryl methyl sites for hydroxylation is 1. The highest BCUT2D eigenvalue weighted by molar-refractivity contribution is 6.29. The standard InChI is InChI=1S/C10H10ClN3O/c1-14-6-5-8(13-14)7-3-4-9(11)12-10(7)15-2/h3-6H,1-2H3. The predicted molar refractivity (Wildman–Crippen MR) is 58.0 cm³/mol. The monoisotopic (exact) mass is 223 g/mol. The molecule has 0 aliphatic heterocycles. The van der Waals surface area contributed by atoms with Crippen molar-refractivity contribution in [2.75, 3.05) is 7.11 Å². The van der Waals surface area contributed by atoms with Gasteiger partial charge in [-0.25, -0.2) is 4.98 Å². The summed E-state index contributed by atoms with van der Waals surface area (Å²) in [4.78, 5) is 4.07. The van der Waals surface area contributed by atoms with Crippen molar-refractivity contribution in [3.63, 3.8) is 0 Å². The van der Waals surface area contributed by atoms with E-state index in [1.54, 1.807) is 17.9 Å². The van der Waals surface area contributed by atoms with Crippen LogP contribution in [0.3, 0.4) is 0 Å². The SMILES string of the molecule is COc1nc(Cl)ccc1-c1ccn(C)n1. The minimum atomic E-state index is 0.409. The van der Waals surface area contributed by atoms with Crippen LogP contribution in [0.25, 0.3) is 11.3 Å². The molecule has 0 bridgehead atoms. The maximum atomic E-state index is 5.77. The van der Waals surface area contributed by atoms with E-state index in [4.69, 9.17) is 16.3 Å². The molecule has 5 heteroatoms. The zero-order chi connectivity index (χ0) is 10.8. The highest BCUT2D eigenvalue weighted by Crippen LogP contribution is 2.27. The third-order valence-corrected chi connectivity index (χ3v) is 2.22. The quantitative estimate of drug-likeness (QED) is 0.733. The molecule has 0 spiro atoms. The molecule has 0 amide bonds. The topological polar surface area (TPSA) is 39.9 Å². The average molecular weight is 224 g/mol. The van der Waals surface area contributed by atoms with Gasteiger partial charge in [-0.15, -0.1) is 0 Å². The van der Waals surface area contributed by atoms with Crippen LogP contribution in [0.15, 0.2) is 24.4 Å². The number of methoxy groups -OCH3 is 1. The van der Waals surface area contributed by atoms with Gasteiger partial charge in [0.15, 0.2) is 0 Å². The summed E-state index contributed by atoms with van der Waals surface area (Å²) in [6.45, 7) is 0. The van der Waals surface area contributed by atoms with E-state index in [2.05, 4.69) is 10.1 Å². The van der Waals surface area contributed by atoms with E-state index in [0.717, 1.165) is 11.3 Å². The number of aromatic nitrogens is 3. The van der Waals surface area contributed by atoms with Crippen LogP contribution in [0.1, 0.15) is 0 Å². The second kappa shape index (κ2) is 3.90. The smallest absolute Gasteiger partial charge is 0.224 e. The van der Waals surface area contributed by atoms with Crippen LogP contribution < -0.4 is 4.74 Å². The summed E-state index contributed by atoms with van der Waals surface area (Å²) < 4.78 is 6.87. The first kappa shape index (κ1) is 9.98. The Morgan fingerprint density at radius 2 is 2.13 bits per heavy atom. The molecule has 78 valence electrons. The molecule has 15 heavy (non-hydrogen) atoms. The van der Waals surface area contributed by atoms with Crippen LogP contribution in [-0.4, -0.2) is 21.9 Å². The zero-order valence-corrected chi connectivity index (χ0v) is 9.19. The van der Waals surface area contributed by atoms with Gasteiger partial charge < -0.3 is 4.74 Å². The van der Waals surface area contributed by atoms with E-state index in [1.807, 2.05) is 25.4 Å². The van der Waals surface area contributed by atoms with Crippen molar-refractivity contribution >= 4 is 11.6 Å². The van der Waals surface area contributed by atoms with Crippen LogP contribution in [0.4, 0.5) is 0 Å². The number of ether oxygens (including phenoxy) is 1. The van der Waals surface area contributed by atoms with Gasteiger partial charge in [0.25, 0.3) is 0 Å². The number of halogens is 1. The molecule has 0 aromatic carbocycles. The number of hydrogen-bond acceptors (Lipinski definition) is 3. The lowest BCUT2D eigenvalue weighted by Gasteiger charge is -2.04. The lowest BCUT2D eigenvalue weighted by Crippen LogP contribution is -1.93. The summed E-state index contributed by atoms with van der Waals surface area (Å²) >= 11 is 5.77. The van der Waals surface area contributed by atoms with Gasteiger partial charge in [0.1, 0.15) is 5.15 Å². The Kier molecular flexibility index (Phi) is 2.60. The average Bonchev–Trinajstić information content (AvgIpc) is 2.64. The fourth-order valence-corrected chi connectivity index (χ4v) is 1.47. The lowest BCUT2D eigenvalue weighted by molar-refractivity contribution is 0.399. The second-order valence-electron chi connectivity index (χ2n) is 3.07. The van der Waals surface area contributed by atoms with Crippen molar-refractivity contribution < 1.29 is 4.74 Å². The summed E-state index contributed by atoms with van der Waals surface area (Å²) in [6, 6.07) is 5.46. The van der Waals surface area contributed by atoms with Gasteiger partial charge in [-0.05, 0) is 18.2 Å². The number of rotatable bonds is 2. The molecule has 0 radical (unpaired) electrons. The second-order valence-corrected chi connectivity index (χ2v) is 3.45. The summed E-state index contributed by atoms with van der Waals surface area (Å²) in [5.74, 6) is 0.487. The van der Waals surface area contributed by atoms with Gasteiger partial charge in [0, 0.05) is 13.2 Å². The third kappa shape index (κ3) is 1.94. The molecule has 2 heterocycles. The molecule has 0 unspecified atom stereocenters. The predicted octanol–water partition coefficient (Wildman–Crippen LogP) is 2.14. The van der Waals surface area contributed by atoms with Gasteiger partial charge in [0.05, 0.1) is 18.4 Å². The Balaban J connectivity index is 2.52. The number of nitrogens with zero attached hydrogens (tertiary/aromatic N) is 3. The summed E-state index contributed by atoms with van der Waals surface area (Å²) in [7, 11) is 3.42. The fourth-order valence-electron chi connectivity index (χ4n) is 1.33. The largest absolute Gasteiger partial charge is 0.480 e. The first-order valence-corrected chi connectivity index (χ1v) is 4.79. The van der Waals surface area contributed by atoms with Gasteiger partial charge >= 0.3 is 0 Å². The molecule has 0 N–H and O–H groups in total. The van der Waals surface area contributed by atoms with Crippen LogP contribution in [0.5, 0.6) is 5.88 Å². The Morgan fingerprint density at radius 3 is 2.73 bits per heavy atom. The van der Waals surface area contributed by atoms with Crippen LogP contribution >= 0.6 is 11.6 Å². The van der Waals surface area contributed by atoms with Crippen LogP contribution in [0.2, 0.25) is 5.15 Å². The summed E-state index contributed by atoms with van der Waals surface area (Å²) in [5, 5.41) is 4.68. The van der Waals surface area contributed by atoms with Crippen LogP contribution in [0, 0.1) is 0 Å². The first-order valence-electron chi connectivity index (χ1n) is 4.41. The van der Waals surface area contributed by atoms with E-state index in [1.165, 1.54) is 0 Å². The maximum Gasteiger partial charge on any atom is 0.224 e. The van der Waals surface area contributed by atoms with E-state index >= 15 is 0 Å². The normalized spacial score (nSPS) is 10.3. The van der Waals surface area contributed by atoms with Gasteiger partial charge in [0.2, 0.25) is 5.88 Å². The van der Waals surface area contributed by atoms with E-state index in [-0.39, 0.29) is 0 Å². The molecule has 0 atom stereocenters. The highest BCUT2D eigenvalue weighted by Gasteiger charge is 2.09. The van der Waals surface area contributed by atoms with Gasteiger partial charge in [-0.3, -0.25) is 4.68 Å². The van der Waals surface area contributed by atoms with Crippen molar-refractivity contribution in [1.29, 1.82) is 0 Å². The fraction of sp³-hybridized carbons (Fsp3) is 0.200. The molecular formula is C10H10ClN3O. The highest BCUT2D eigenvalue weighted by atomic mass is 35.5. The Labute approximate surface area is 92.5 Å². The molecule has 0 fully saturated rings. The number of hydrogen-bond donors (Lipinski definition) is 0. The van der Waals surface area contributed by atoms with E-state index < -0.39 is 0 Å². The first-order chi connectivity index (χ1) is 7.20. The van der Waals surface area contributed by atoms with Crippen molar-refractivity contribution in [2.24, 2.45) is 7.05 Å². The third-order valence-electron chi connectivity index (χ3n) is 2.01. The van der Waals surface area contributed by atoms with Crippen molar-refractivity contribution in [3.05, 3.63) is 29.5 Å². The zero-order valence-electron chi connectivity index (χ0n) is 8.44. The van der Waals surface area contributed by atoms with Gasteiger partial charge in [-0.2, -0.15) is 5.10 Å². The number of pyridine rings is 1. The van der Waals surface area contributed by atoms with Crippen molar-refractivity contribution in [1.82, 2.24) is 14.8 Å². The summed E-state index contributed by atoms with van der Waals surface area (Å²) in [5.41, 5.74) is 1.65. The minimum absolute atomic E-state index is 0.409. The van der Waals surface area contributed by atoms with Crippen molar-refractivity contribution in [3.8, 4) is 17.1 Å². The van der Waals surface area contributed by atoms with Gasteiger partial charge in [-0.1, -0.05) is 11.6 Å². The minimum Gasteiger partial charge on any atom is -0.480 e. The molecule has 0 aliphatic rings. The molecule has 2 aromatic rings. The molecular weight excluding hydrogens is 214 g/mol. The molecule has 0 saturated carbocycles. The Morgan fingerprint density at radius 1 is 1.33 bits per heavy atom. The lowest BCUT2D eigenvalue weighted by atomic mass is 10.2. The molecule has 4 nitrogen and oxygen atoms in total. The van der Waals surface area contributed by atoms with E-state index in [9.17, 15) is 0 Å². The molecule has 2 rings (SSSR count). The Bertz CT molecular complexity index is 481. The maximum absolute atomic E-state index is 5.77. The Hall–Kier alpha value is -1.55. The van der Waals surface area contributed by atoms with Crippen LogP contribution in [-0.2, 0) is 7.05 Å². The summed E-state index contributed by atoms with van der Waals surface area (Å²) in [6.07, 6.45) is 1.86. The van der Waals surface area contributed by atoms with E-state index in [0.29, 0.717) is 11.0 Å².